The summed E-state index contributed by atoms with van der Waals surface area (Å²) in [5.41, 5.74) is 0.843. The number of hydrogen-bond donors (Lipinski definition) is 1. The first-order valence-electron chi connectivity index (χ1n) is 9.27. The molecule has 0 bridgehead atoms. The van der Waals surface area contributed by atoms with Crippen LogP contribution in [-0.2, 0) is 25.7 Å². The van der Waals surface area contributed by atoms with E-state index in [4.69, 9.17) is 9.84 Å². The van der Waals surface area contributed by atoms with E-state index in [1.807, 2.05) is 0 Å². The molecule has 0 spiro atoms. The van der Waals surface area contributed by atoms with Crippen molar-refractivity contribution in [1.82, 2.24) is 4.90 Å². The van der Waals surface area contributed by atoms with Crippen LogP contribution in [0.5, 0.6) is 5.75 Å². The van der Waals surface area contributed by atoms with E-state index in [0.717, 1.165) is 28.0 Å². The number of carboxylic acid groups (broad SMARTS) is 1. The minimum absolute atomic E-state index is 0.0340. The van der Waals surface area contributed by atoms with Gasteiger partial charge in [0.25, 0.3) is 5.91 Å². The summed E-state index contributed by atoms with van der Waals surface area (Å²) < 4.78 is 18.3. The predicted molar refractivity (Wildman–Crippen MR) is 108 cm³/mol. The molecule has 8 nitrogen and oxygen atoms in total. The number of methoxy groups -OCH3 is 1. The number of imide groups is 1. The Morgan fingerprint density at radius 3 is 2.35 bits per heavy atom. The molecule has 0 radical (unpaired) electrons. The van der Waals surface area contributed by atoms with Gasteiger partial charge in [-0.25, -0.2) is 14.1 Å². The molecule has 0 unspecified atom stereocenters. The zero-order chi connectivity index (χ0) is 22.5. The van der Waals surface area contributed by atoms with E-state index < -0.39 is 35.5 Å². The third-order valence-electron chi connectivity index (χ3n) is 4.75. The molecule has 1 atom stereocenters. The summed E-state index contributed by atoms with van der Waals surface area (Å²) in [6, 6.07) is 10.5. The molecule has 1 fully saturated rings. The van der Waals surface area contributed by atoms with Crippen LogP contribution >= 0.6 is 0 Å². The van der Waals surface area contributed by atoms with Crippen molar-refractivity contribution in [2.75, 3.05) is 12.0 Å². The Morgan fingerprint density at radius 1 is 1.13 bits per heavy atom. The van der Waals surface area contributed by atoms with Gasteiger partial charge in [-0.3, -0.25) is 14.4 Å². The van der Waals surface area contributed by atoms with Gasteiger partial charge in [-0.1, -0.05) is 12.1 Å². The SMILES string of the molecule is COc1ccc(CN(C(=O)/C=C/C(=O)O)[C@H]2CC(=O)N(c3ccc(F)cc3)C2=O)cc1. The zero-order valence-electron chi connectivity index (χ0n) is 16.5. The van der Waals surface area contributed by atoms with E-state index in [1.165, 1.54) is 19.2 Å². The largest absolute Gasteiger partial charge is 0.497 e. The second kappa shape index (κ2) is 9.21. The van der Waals surface area contributed by atoms with Gasteiger partial charge in [0.2, 0.25) is 11.8 Å². The Morgan fingerprint density at radius 2 is 1.77 bits per heavy atom. The van der Waals surface area contributed by atoms with Crippen LogP contribution in [0.1, 0.15) is 12.0 Å². The summed E-state index contributed by atoms with van der Waals surface area (Å²) >= 11 is 0. The molecule has 160 valence electrons. The second-order valence-corrected chi connectivity index (χ2v) is 6.75. The second-order valence-electron chi connectivity index (χ2n) is 6.75. The highest BCUT2D eigenvalue weighted by Gasteiger charge is 2.44. The Bertz CT molecular complexity index is 1030. The highest BCUT2D eigenvalue weighted by atomic mass is 19.1. The number of hydrogen-bond acceptors (Lipinski definition) is 5. The van der Waals surface area contributed by atoms with Gasteiger partial charge >= 0.3 is 5.97 Å². The number of anilines is 1. The van der Waals surface area contributed by atoms with Crippen LogP contribution < -0.4 is 9.64 Å². The lowest BCUT2D eigenvalue weighted by molar-refractivity contribution is -0.135. The van der Waals surface area contributed by atoms with Crippen molar-refractivity contribution in [3.05, 3.63) is 72.1 Å². The van der Waals surface area contributed by atoms with Crippen molar-refractivity contribution < 1.29 is 33.4 Å². The molecule has 1 aliphatic rings. The van der Waals surface area contributed by atoms with E-state index in [0.29, 0.717) is 17.4 Å². The third kappa shape index (κ3) is 4.95. The van der Waals surface area contributed by atoms with E-state index in [-0.39, 0.29) is 18.7 Å². The first kappa shape index (κ1) is 21.7. The van der Waals surface area contributed by atoms with Crippen LogP contribution in [0.25, 0.3) is 0 Å². The lowest BCUT2D eigenvalue weighted by atomic mass is 10.1. The van der Waals surface area contributed by atoms with Gasteiger partial charge in [-0.2, -0.15) is 0 Å². The molecule has 1 heterocycles. The smallest absolute Gasteiger partial charge is 0.328 e. The van der Waals surface area contributed by atoms with Gasteiger partial charge < -0.3 is 14.7 Å². The lowest BCUT2D eigenvalue weighted by Crippen LogP contribution is -2.44. The summed E-state index contributed by atoms with van der Waals surface area (Å²) in [6.45, 7) is -0.0340. The van der Waals surface area contributed by atoms with Crippen LogP contribution in [0.15, 0.2) is 60.7 Å². The summed E-state index contributed by atoms with van der Waals surface area (Å²) in [6.07, 6.45) is 1.23. The first-order chi connectivity index (χ1) is 14.8. The van der Waals surface area contributed by atoms with Gasteiger partial charge in [0, 0.05) is 18.7 Å². The Labute approximate surface area is 177 Å². The number of rotatable bonds is 7. The number of nitrogens with zero attached hydrogens (tertiary/aromatic N) is 2. The van der Waals surface area contributed by atoms with Gasteiger partial charge in [-0.15, -0.1) is 0 Å². The molecule has 3 rings (SSSR count). The summed E-state index contributed by atoms with van der Waals surface area (Å²) in [5, 5.41) is 8.83. The molecule has 31 heavy (non-hydrogen) atoms. The molecule has 2 aromatic rings. The van der Waals surface area contributed by atoms with Crippen molar-refractivity contribution in [2.24, 2.45) is 0 Å². The summed E-state index contributed by atoms with van der Waals surface area (Å²) in [4.78, 5) is 51.2. The Kier molecular flexibility index (Phi) is 6.44. The van der Waals surface area contributed by atoms with E-state index in [1.54, 1.807) is 24.3 Å². The summed E-state index contributed by atoms with van der Waals surface area (Å²) in [5.74, 6) is -3.17. The maximum Gasteiger partial charge on any atom is 0.328 e. The Balaban J connectivity index is 1.91. The van der Waals surface area contributed by atoms with Crippen molar-refractivity contribution in [3.63, 3.8) is 0 Å². The van der Waals surface area contributed by atoms with Crippen LogP contribution in [0.4, 0.5) is 10.1 Å². The molecule has 0 aliphatic carbocycles. The molecule has 1 N–H and O–H groups in total. The molecule has 3 amide bonds. The van der Waals surface area contributed by atoms with Crippen LogP contribution in [-0.4, -0.2) is 46.8 Å². The van der Waals surface area contributed by atoms with Crippen LogP contribution in [0.2, 0.25) is 0 Å². The topological polar surface area (TPSA) is 104 Å². The van der Waals surface area contributed by atoms with Crippen molar-refractivity contribution in [1.29, 1.82) is 0 Å². The fourth-order valence-electron chi connectivity index (χ4n) is 3.23. The fourth-order valence-corrected chi connectivity index (χ4v) is 3.23. The van der Waals surface area contributed by atoms with Gasteiger partial charge in [-0.05, 0) is 42.0 Å². The van der Waals surface area contributed by atoms with E-state index in [9.17, 15) is 23.6 Å². The predicted octanol–water partition coefficient (Wildman–Crippen LogP) is 2.14. The molecule has 2 aromatic carbocycles. The minimum atomic E-state index is -1.32. The highest BCUT2D eigenvalue weighted by Crippen LogP contribution is 2.27. The first-order valence-corrected chi connectivity index (χ1v) is 9.27. The molecule has 9 heteroatoms. The van der Waals surface area contributed by atoms with E-state index in [2.05, 4.69) is 0 Å². The molecular weight excluding hydrogens is 407 g/mol. The average Bonchev–Trinajstić information content (AvgIpc) is 3.05. The van der Waals surface area contributed by atoms with Gasteiger partial charge in [0.1, 0.15) is 17.6 Å². The quantitative estimate of drug-likeness (QED) is 0.537. The molecular formula is C22H19FN2O6. The zero-order valence-corrected chi connectivity index (χ0v) is 16.5. The van der Waals surface area contributed by atoms with Crippen LogP contribution in [0.3, 0.4) is 0 Å². The molecule has 1 saturated heterocycles. The maximum absolute atomic E-state index is 13.2. The minimum Gasteiger partial charge on any atom is -0.497 e. The number of carbonyl (C=O) groups is 4. The van der Waals surface area contributed by atoms with Crippen LogP contribution in [0, 0.1) is 5.82 Å². The van der Waals surface area contributed by atoms with Crippen molar-refractivity contribution >= 4 is 29.4 Å². The average molecular weight is 426 g/mol. The summed E-state index contributed by atoms with van der Waals surface area (Å²) in [7, 11) is 1.51. The van der Waals surface area contributed by atoms with Gasteiger partial charge in [0.05, 0.1) is 19.2 Å². The highest BCUT2D eigenvalue weighted by molar-refractivity contribution is 6.23. The normalized spacial score (nSPS) is 16.1. The molecule has 0 aromatic heterocycles. The number of carboxylic acids is 1. The standard InChI is InChI=1S/C22H19FN2O6/c1-31-17-8-2-14(3-9-17)13-24(19(26)10-11-21(28)29)18-12-20(27)25(22(18)30)16-6-4-15(23)5-7-16/h2-11,18H,12-13H2,1H3,(H,28,29)/b11-10+/t18-/m0/s1. The van der Waals surface area contributed by atoms with Gasteiger partial charge in [0.15, 0.2) is 0 Å². The number of aliphatic carboxylic acids is 1. The van der Waals surface area contributed by atoms with Crippen molar-refractivity contribution in [2.45, 2.75) is 19.0 Å². The maximum atomic E-state index is 13.2. The number of carbonyl (C=O) groups excluding carboxylic acids is 3. The number of ether oxygens (including phenoxy) is 1. The number of benzene rings is 2. The monoisotopic (exact) mass is 426 g/mol. The number of amides is 3. The number of halogens is 1. The van der Waals surface area contributed by atoms with E-state index >= 15 is 0 Å². The van der Waals surface area contributed by atoms with Crippen molar-refractivity contribution in [3.8, 4) is 5.75 Å². The lowest BCUT2D eigenvalue weighted by Gasteiger charge is -2.26. The molecule has 0 saturated carbocycles. The fraction of sp³-hybridized carbons (Fsp3) is 0.182. The third-order valence-corrected chi connectivity index (χ3v) is 4.75. The Hall–Kier alpha value is -4.01. The molecule has 1 aliphatic heterocycles.